The Morgan fingerprint density at radius 1 is 1.31 bits per heavy atom. The Kier molecular flexibility index (Phi) is 6.97. The molecular weight excluding hydrogens is 399 g/mol. The van der Waals surface area contributed by atoms with Crippen LogP contribution in [0.5, 0.6) is 0 Å². The van der Waals surface area contributed by atoms with Crippen LogP contribution < -0.4 is 9.62 Å². The second-order valence-electron chi connectivity index (χ2n) is 5.80. The van der Waals surface area contributed by atoms with Crippen molar-refractivity contribution in [3.8, 4) is 0 Å². The van der Waals surface area contributed by atoms with Crippen LogP contribution in [0.25, 0.3) is 0 Å². The average molecular weight is 419 g/mol. The molecule has 0 aliphatic carbocycles. The largest absolute Gasteiger partial charge is 0.469 e. The van der Waals surface area contributed by atoms with Gasteiger partial charge in [-0.25, -0.2) is 8.42 Å². The van der Waals surface area contributed by atoms with E-state index in [1.54, 1.807) is 18.4 Å². The summed E-state index contributed by atoms with van der Waals surface area (Å²) in [5, 5.41) is 3.25. The van der Waals surface area contributed by atoms with Gasteiger partial charge in [0.15, 0.2) is 0 Å². The topological polar surface area (TPSA) is 79.6 Å². The number of nitrogens with zero attached hydrogens (tertiary/aromatic N) is 1. The highest BCUT2D eigenvalue weighted by Crippen LogP contribution is 2.32. The van der Waals surface area contributed by atoms with Crippen LogP contribution in [0.3, 0.4) is 0 Å². The first-order valence-corrected chi connectivity index (χ1v) is 10.5. The zero-order valence-electron chi connectivity index (χ0n) is 14.4. The molecular formula is C17H20Cl2N2O4S. The Hall–Kier alpha value is -1.70. The van der Waals surface area contributed by atoms with Gasteiger partial charge in [-0.05, 0) is 43.7 Å². The van der Waals surface area contributed by atoms with E-state index >= 15 is 0 Å². The molecule has 9 heteroatoms. The van der Waals surface area contributed by atoms with E-state index in [4.69, 9.17) is 27.6 Å². The maximum atomic E-state index is 12.4. The lowest BCUT2D eigenvalue weighted by Gasteiger charge is -2.29. The van der Waals surface area contributed by atoms with Gasteiger partial charge in [0.2, 0.25) is 15.9 Å². The predicted octanol–water partition coefficient (Wildman–Crippen LogP) is 3.49. The van der Waals surface area contributed by atoms with E-state index in [0.717, 1.165) is 16.3 Å². The number of furan rings is 1. The summed E-state index contributed by atoms with van der Waals surface area (Å²) in [5.41, 5.74) is 0.167. The highest BCUT2D eigenvalue weighted by molar-refractivity contribution is 7.92. The molecule has 1 N–H and O–H groups in total. The SMILES string of the molecule is CC(C(=O)NCCCc1ccco1)N(c1cc(Cl)ccc1Cl)S(C)(=O)=O. The Morgan fingerprint density at radius 2 is 2.04 bits per heavy atom. The van der Waals surface area contributed by atoms with E-state index in [-0.39, 0.29) is 10.7 Å². The lowest BCUT2D eigenvalue weighted by Crippen LogP contribution is -2.48. The van der Waals surface area contributed by atoms with E-state index in [1.165, 1.54) is 19.1 Å². The number of carbonyl (C=O) groups is 1. The number of amides is 1. The highest BCUT2D eigenvalue weighted by Gasteiger charge is 2.30. The van der Waals surface area contributed by atoms with Crippen LogP contribution in [-0.2, 0) is 21.2 Å². The highest BCUT2D eigenvalue weighted by atomic mass is 35.5. The molecule has 0 aliphatic rings. The molecule has 0 aliphatic heterocycles. The van der Waals surface area contributed by atoms with E-state index < -0.39 is 22.0 Å². The smallest absolute Gasteiger partial charge is 0.243 e. The normalized spacial score (nSPS) is 12.6. The maximum absolute atomic E-state index is 12.4. The zero-order valence-corrected chi connectivity index (χ0v) is 16.7. The minimum Gasteiger partial charge on any atom is -0.469 e. The number of benzene rings is 1. The molecule has 1 heterocycles. The number of hydrogen-bond acceptors (Lipinski definition) is 4. The van der Waals surface area contributed by atoms with E-state index in [1.807, 2.05) is 6.07 Å². The van der Waals surface area contributed by atoms with Gasteiger partial charge in [-0.2, -0.15) is 0 Å². The summed E-state index contributed by atoms with van der Waals surface area (Å²) in [6, 6.07) is 7.14. The van der Waals surface area contributed by atoms with Crippen molar-refractivity contribution in [2.75, 3.05) is 17.1 Å². The molecule has 2 aromatic rings. The van der Waals surface area contributed by atoms with E-state index in [2.05, 4.69) is 5.32 Å². The molecule has 0 saturated carbocycles. The Labute approximate surface area is 163 Å². The van der Waals surface area contributed by atoms with Gasteiger partial charge in [0.1, 0.15) is 11.8 Å². The van der Waals surface area contributed by atoms with Gasteiger partial charge in [-0.15, -0.1) is 0 Å². The number of aryl methyl sites for hydroxylation is 1. The summed E-state index contributed by atoms with van der Waals surface area (Å²) < 4.78 is 30.7. The first-order valence-electron chi connectivity index (χ1n) is 7.94. The number of carbonyl (C=O) groups excluding carboxylic acids is 1. The van der Waals surface area contributed by atoms with E-state index in [9.17, 15) is 13.2 Å². The lowest BCUT2D eigenvalue weighted by molar-refractivity contribution is -0.121. The fourth-order valence-corrected chi connectivity index (χ4v) is 4.12. The van der Waals surface area contributed by atoms with Crippen molar-refractivity contribution >= 4 is 44.8 Å². The number of rotatable bonds is 8. The minimum atomic E-state index is -3.75. The molecule has 1 aromatic heterocycles. The molecule has 0 radical (unpaired) electrons. The van der Waals surface area contributed by atoms with Crippen LogP contribution in [0, 0.1) is 0 Å². The second kappa shape index (κ2) is 8.79. The van der Waals surface area contributed by atoms with E-state index in [0.29, 0.717) is 24.4 Å². The lowest BCUT2D eigenvalue weighted by atomic mass is 10.2. The van der Waals surface area contributed by atoms with Crippen LogP contribution in [0.2, 0.25) is 10.0 Å². The van der Waals surface area contributed by atoms with Crippen LogP contribution in [0.4, 0.5) is 5.69 Å². The standard InChI is InChI=1S/C17H20Cl2N2O4S/c1-12(17(22)20-9-3-5-14-6-4-10-25-14)21(26(2,23)24)16-11-13(18)7-8-15(16)19/h4,6-8,10-12H,3,5,9H2,1-2H3,(H,20,22). The molecule has 26 heavy (non-hydrogen) atoms. The molecule has 2 rings (SSSR count). The number of hydrogen-bond donors (Lipinski definition) is 1. The summed E-state index contributed by atoms with van der Waals surface area (Å²) in [6.45, 7) is 1.89. The summed E-state index contributed by atoms with van der Waals surface area (Å²) in [4.78, 5) is 12.4. The van der Waals surface area contributed by atoms with Gasteiger partial charge in [0.05, 0.1) is 23.2 Å². The van der Waals surface area contributed by atoms with Gasteiger partial charge in [-0.3, -0.25) is 9.10 Å². The summed E-state index contributed by atoms with van der Waals surface area (Å²) in [5.74, 6) is 0.404. The Morgan fingerprint density at radius 3 is 2.65 bits per heavy atom. The summed E-state index contributed by atoms with van der Waals surface area (Å²) in [6.07, 6.45) is 3.96. The zero-order chi connectivity index (χ0) is 19.3. The van der Waals surface area contributed by atoms with Gasteiger partial charge in [0, 0.05) is 18.0 Å². The summed E-state index contributed by atoms with van der Waals surface area (Å²) >= 11 is 12.1. The van der Waals surface area contributed by atoms with Crippen molar-refractivity contribution in [2.24, 2.45) is 0 Å². The quantitative estimate of drug-likeness (QED) is 0.665. The molecule has 1 unspecified atom stereocenters. The number of halogens is 2. The third-order valence-electron chi connectivity index (χ3n) is 3.71. The minimum absolute atomic E-state index is 0.167. The Bertz CT molecular complexity index is 854. The van der Waals surface area contributed by atoms with Crippen LogP contribution >= 0.6 is 23.2 Å². The van der Waals surface area contributed by atoms with Crippen LogP contribution in [0.1, 0.15) is 19.1 Å². The summed E-state index contributed by atoms with van der Waals surface area (Å²) in [7, 11) is -3.75. The second-order valence-corrected chi connectivity index (χ2v) is 8.51. The molecule has 0 saturated heterocycles. The predicted molar refractivity (Wildman–Crippen MR) is 103 cm³/mol. The third kappa shape index (κ3) is 5.40. The van der Waals surface area contributed by atoms with Crippen molar-refractivity contribution in [1.82, 2.24) is 5.32 Å². The molecule has 0 bridgehead atoms. The molecule has 1 amide bonds. The number of nitrogens with one attached hydrogen (secondary N) is 1. The van der Waals surface area contributed by atoms with Gasteiger partial charge in [-0.1, -0.05) is 23.2 Å². The molecule has 0 spiro atoms. The van der Waals surface area contributed by atoms with Crippen molar-refractivity contribution in [1.29, 1.82) is 0 Å². The van der Waals surface area contributed by atoms with Gasteiger partial charge in [0.25, 0.3) is 0 Å². The van der Waals surface area contributed by atoms with Gasteiger partial charge >= 0.3 is 0 Å². The Balaban J connectivity index is 2.07. The molecule has 1 aromatic carbocycles. The number of anilines is 1. The molecule has 6 nitrogen and oxygen atoms in total. The fraction of sp³-hybridized carbons (Fsp3) is 0.353. The van der Waals surface area contributed by atoms with Crippen molar-refractivity contribution in [3.05, 3.63) is 52.4 Å². The van der Waals surface area contributed by atoms with Crippen LogP contribution in [0.15, 0.2) is 41.0 Å². The maximum Gasteiger partial charge on any atom is 0.243 e. The average Bonchev–Trinajstić information content (AvgIpc) is 3.07. The molecule has 142 valence electrons. The van der Waals surface area contributed by atoms with Gasteiger partial charge < -0.3 is 9.73 Å². The van der Waals surface area contributed by atoms with Crippen molar-refractivity contribution in [3.63, 3.8) is 0 Å². The monoisotopic (exact) mass is 418 g/mol. The van der Waals surface area contributed by atoms with Crippen LogP contribution in [-0.4, -0.2) is 33.2 Å². The fourth-order valence-electron chi connectivity index (χ4n) is 2.51. The van der Waals surface area contributed by atoms with Crippen molar-refractivity contribution < 1.29 is 17.6 Å². The molecule has 0 fully saturated rings. The molecule has 1 atom stereocenters. The van der Waals surface area contributed by atoms with Crippen molar-refractivity contribution in [2.45, 2.75) is 25.8 Å². The third-order valence-corrected chi connectivity index (χ3v) is 5.50. The first-order chi connectivity index (χ1) is 12.2. The number of sulfonamides is 1. The first kappa shape index (κ1) is 20.6.